The molecule has 114 valence electrons. The number of carbonyl (C=O) groups is 2. The Bertz CT molecular complexity index is 669. The van der Waals surface area contributed by atoms with Crippen molar-refractivity contribution in [2.24, 2.45) is 0 Å². The van der Waals surface area contributed by atoms with Crippen LogP contribution in [0.15, 0.2) is 48.5 Å². The summed E-state index contributed by atoms with van der Waals surface area (Å²) in [6.45, 7) is 0. The van der Waals surface area contributed by atoms with Gasteiger partial charge < -0.3 is 10.6 Å². The summed E-state index contributed by atoms with van der Waals surface area (Å²) >= 11 is 6.06. The molecule has 0 heterocycles. The van der Waals surface area contributed by atoms with Gasteiger partial charge in [-0.1, -0.05) is 29.8 Å². The van der Waals surface area contributed by atoms with E-state index in [1.54, 1.807) is 31.3 Å². The summed E-state index contributed by atoms with van der Waals surface area (Å²) in [5.74, 6) is -0.246. The van der Waals surface area contributed by atoms with E-state index in [4.69, 9.17) is 11.6 Å². The van der Waals surface area contributed by atoms with Gasteiger partial charge in [-0.15, -0.1) is 0 Å². The van der Waals surface area contributed by atoms with Crippen molar-refractivity contribution < 1.29 is 9.59 Å². The molecule has 0 fully saturated rings. The van der Waals surface area contributed by atoms with Crippen molar-refractivity contribution in [3.63, 3.8) is 0 Å². The van der Waals surface area contributed by atoms with E-state index in [1.807, 2.05) is 24.3 Å². The van der Waals surface area contributed by atoms with E-state index >= 15 is 0 Å². The van der Waals surface area contributed by atoms with Gasteiger partial charge in [-0.05, 0) is 42.3 Å². The highest BCUT2D eigenvalue weighted by atomic mass is 35.5. The maximum absolute atomic E-state index is 11.9. The highest BCUT2D eigenvalue weighted by molar-refractivity contribution is 6.31. The first-order chi connectivity index (χ1) is 10.6. The van der Waals surface area contributed by atoms with Gasteiger partial charge in [0.2, 0.25) is 5.91 Å². The SMILES string of the molecule is CNC(=O)c1ccc(NC(=O)CCc2ccccc2Cl)cc1. The van der Waals surface area contributed by atoms with Gasteiger partial charge >= 0.3 is 0 Å². The van der Waals surface area contributed by atoms with Crippen molar-refractivity contribution in [2.75, 3.05) is 12.4 Å². The van der Waals surface area contributed by atoms with Crippen molar-refractivity contribution in [3.8, 4) is 0 Å². The summed E-state index contributed by atoms with van der Waals surface area (Å²) in [5.41, 5.74) is 2.17. The van der Waals surface area contributed by atoms with Crippen molar-refractivity contribution >= 4 is 29.1 Å². The molecule has 2 amide bonds. The monoisotopic (exact) mass is 316 g/mol. The summed E-state index contributed by atoms with van der Waals surface area (Å²) in [6.07, 6.45) is 0.933. The molecule has 0 spiro atoms. The molecule has 2 N–H and O–H groups in total. The molecule has 0 radical (unpaired) electrons. The molecule has 0 aliphatic carbocycles. The quantitative estimate of drug-likeness (QED) is 0.889. The Hall–Kier alpha value is -2.33. The summed E-state index contributed by atoms with van der Waals surface area (Å²) in [6, 6.07) is 14.2. The van der Waals surface area contributed by atoms with Gasteiger partial charge in [-0.3, -0.25) is 9.59 Å². The van der Waals surface area contributed by atoms with Crippen LogP contribution in [0.1, 0.15) is 22.3 Å². The fraction of sp³-hybridized carbons (Fsp3) is 0.176. The Morgan fingerprint density at radius 3 is 2.36 bits per heavy atom. The number of rotatable bonds is 5. The van der Waals surface area contributed by atoms with E-state index in [0.717, 1.165) is 5.56 Å². The van der Waals surface area contributed by atoms with E-state index < -0.39 is 0 Å². The molecule has 2 aromatic rings. The van der Waals surface area contributed by atoms with Crippen LogP contribution in [0, 0.1) is 0 Å². The molecule has 4 nitrogen and oxygen atoms in total. The number of hydrogen-bond donors (Lipinski definition) is 2. The molecule has 2 aromatic carbocycles. The van der Waals surface area contributed by atoms with Crippen LogP contribution in [-0.4, -0.2) is 18.9 Å². The Labute approximate surface area is 134 Å². The lowest BCUT2D eigenvalue weighted by Gasteiger charge is -2.07. The zero-order valence-corrected chi connectivity index (χ0v) is 13.0. The predicted molar refractivity (Wildman–Crippen MR) is 88.2 cm³/mol. The number of anilines is 1. The molecule has 0 aromatic heterocycles. The lowest BCUT2D eigenvalue weighted by molar-refractivity contribution is -0.116. The molecule has 0 bridgehead atoms. The van der Waals surface area contributed by atoms with Crippen LogP contribution < -0.4 is 10.6 Å². The third kappa shape index (κ3) is 4.33. The normalized spacial score (nSPS) is 10.1. The molecule has 0 aliphatic rings. The van der Waals surface area contributed by atoms with E-state index in [-0.39, 0.29) is 11.8 Å². The van der Waals surface area contributed by atoms with Crippen molar-refractivity contribution in [1.82, 2.24) is 5.32 Å². The maximum atomic E-state index is 11.9. The minimum Gasteiger partial charge on any atom is -0.355 e. The molecule has 0 aliphatic heterocycles. The minimum atomic E-state index is -0.156. The molecule has 2 rings (SSSR count). The number of halogens is 1. The molecular weight excluding hydrogens is 300 g/mol. The summed E-state index contributed by atoms with van der Waals surface area (Å²) in [4.78, 5) is 23.4. The lowest BCUT2D eigenvalue weighted by atomic mass is 10.1. The number of aryl methyl sites for hydroxylation is 1. The van der Waals surface area contributed by atoms with Gasteiger partial charge in [0, 0.05) is 29.7 Å². The van der Waals surface area contributed by atoms with E-state index in [9.17, 15) is 9.59 Å². The minimum absolute atomic E-state index is 0.0902. The molecule has 5 heteroatoms. The Kier molecular flexibility index (Phi) is 5.55. The van der Waals surface area contributed by atoms with Gasteiger partial charge in [-0.2, -0.15) is 0 Å². The van der Waals surface area contributed by atoms with Crippen LogP contribution >= 0.6 is 11.6 Å². The predicted octanol–water partition coefficient (Wildman–Crippen LogP) is 3.27. The fourth-order valence-electron chi connectivity index (χ4n) is 2.02. The highest BCUT2D eigenvalue weighted by Gasteiger charge is 2.07. The van der Waals surface area contributed by atoms with Crippen molar-refractivity contribution in [2.45, 2.75) is 12.8 Å². The first-order valence-electron chi connectivity index (χ1n) is 6.95. The van der Waals surface area contributed by atoms with Gasteiger partial charge in [-0.25, -0.2) is 0 Å². The standard InChI is InChI=1S/C17H17ClN2O2/c1-19-17(22)13-6-9-14(10-7-13)20-16(21)11-8-12-4-2-3-5-15(12)18/h2-7,9-10H,8,11H2,1H3,(H,19,22)(H,20,21). The Morgan fingerprint density at radius 2 is 1.73 bits per heavy atom. The van der Waals surface area contributed by atoms with Gasteiger partial charge in [0.15, 0.2) is 0 Å². The van der Waals surface area contributed by atoms with E-state index in [0.29, 0.717) is 29.1 Å². The van der Waals surface area contributed by atoms with Crippen LogP contribution in [-0.2, 0) is 11.2 Å². The molecule has 22 heavy (non-hydrogen) atoms. The molecular formula is C17H17ClN2O2. The van der Waals surface area contributed by atoms with Crippen LogP contribution in [0.4, 0.5) is 5.69 Å². The fourth-order valence-corrected chi connectivity index (χ4v) is 2.25. The smallest absolute Gasteiger partial charge is 0.251 e. The van der Waals surface area contributed by atoms with Gasteiger partial charge in [0.1, 0.15) is 0 Å². The Balaban J connectivity index is 1.89. The van der Waals surface area contributed by atoms with Crippen LogP contribution in [0.2, 0.25) is 5.02 Å². The van der Waals surface area contributed by atoms with Gasteiger partial charge in [0.05, 0.1) is 0 Å². The lowest BCUT2D eigenvalue weighted by Crippen LogP contribution is -2.18. The third-order valence-electron chi connectivity index (χ3n) is 3.24. The summed E-state index contributed by atoms with van der Waals surface area (Å²) in [5, 5.41) is 6.02. The second-order valence-electron chi connectivity index (χ2n) is 4.80. The summed E-state index contributed by atoms with van der Waals surface area (Å²) < 4.78 is 0. The van der Waals surface area contributed by atoms with Crippen LogP contribution in [0.5, 0.6) is 0 Å². The molecule has 0 atom stereocenters. The molecule has 0 saturated heterocycles. The molecule has 0 unspecified atom stereocenters. The second-order valence-corrected chi connectivity index (χ2v) is 5.20. The Morgan fingerprint density at radius 1 is 1.05 bits per heavy atom. The largest absolute Gasteiger partial charge is 0.355 e. The third-order valence-corrected chi connectivity index (χ3v) is 3.61. The topological polar surface area (TPSA) is 58.2 Å². The van der Waals surface area contributed by atoms with Crippen molar-refractivity contribution in [3.05, 3.63) is 64.7 Å². The first kappa shape index (κ1) is 16.0. The van der Waals surface area contributed by atoms with Crippen LogP contribution in [0.3, 0.4) is 0 Å². The van der Waals surface area contributed by atoms with Crippen molar-refractivity contribution in [1.29, 1.82) is 0 Å². The maximum Gasteiger partial charge on any atom is 0.251 e. The second kappa shape index (κ2) is 7.61. The average molecular weight is 317 g/mol. The van der Waals surface area contributed by atoms with Gasteiger partial charge in [0.25, 0.3) is 5.91 Å². The molecule has 0 saturated carbocycles. The zero-order chi connectivity index (χ0) is 15.9. The summed E-state index contributed by atoms with van der Waals surface area (Å²) in [7, 11) is 1.58. The van der Waals surface area contributed by atoms with E-state index in [1.165, 1.54) is 0 Å². The zero-order valence-electron chi connectivity index (χ0n) is 12.2. The highest BCUT2D eigenvalue weighted by Crippen LogP contribution is 2.17. The average Bonchev–Trinajstić information content (AvgIpc) is 2.54. The first-order valence-corrected chi connectivity index (χ1v) is 7.33. The number of amides is 2. The number of carbonyl (C=O) groups excluding carboxylic acids is 2. The van der Waals surface area contributed by atoms with Crippen LogP contribution in [0.25, 0.3) is 0 Å². The van der Waals surface area contributed by atoms with E-state index in [2.05, 4.69) is 10.6 Å². The number of benzene rings is 2. The number of hydrogen-bond acceptors (Lipinski definition) is 2. The number of nitrogens with one attached hydrogen (secondary N) is 2.